The molecule has 1 fully saturated rings. The third-order valence-electron chi connectivity index (χ3n) is 4.86. The third kappa shape index (κ3) is 4.42. The van der Waals surface area contributed by atoms with Gasteiger partial charge in [0.05, 0.1) is 18.4 Å². The maximum Gasteiger partial charge on any atom is 0.270 e. The van der Waals surface area contributed by atoms with E-state index in [2.05, 4.69) is 10.4 Å². The van der Waals surface area contributed by atoms with Crippen molar-refractivity contribution in [3.63, 3.8) is 0 Å². The summed E-state index contributed by atoms with van der Waals surface area (Å²) in [5, 5.41) is 8.47. The Balaban J connectivity index is 1.62. The van der Waals surface area contributed by atoms with Crippen LogP contribution in [0.4, 0.5) is 0 Å². The van der Waals surface area contributed by atoms with Crippen LogP contribution in [-0.2, 0) is 20.8 Å². The number of carbonyl (C=O) groups excluding carboxylic acids is 1. The molecule has 1 aromatic heterocycles. The van der Waals surface area contributed by atoms with E-state index in [0.29, 0.717) is 12.2 Å². The number of rotatable bonds is 6. The van der Waals surface area contributed by atoms with Crippen molar-refractivity contribution in [2.75, 3.05) is 12.9 Å². The number of aromatic nitrogens is 2. The molecular formula is C18H25N3O4S. The van der Waals surface area contributed by atoms with Gasteiger partial charge in [0.1, 0.15) is 5.69 Å². The van der Waals surface area contributed by atoms with Crippen molar-refractivity contribution < 1.29 is 17.4 Å². The Morgan fingerprint density at radius 3 is 2.62 bits per heavy atom. The molecule has 0 aliphatic heterocycles. The minimum absolute atomic E-state index is 0.0935. The van der Waals surface area contributed by atoms with E-state index < -0.39 is 10.1 Å². The second-order valence-electron chi connectivity index (χ2n) is 6.86. The largest absolute Gasteiger partial charge is 0.348 e. The summed E-state index contributed by atoms with van der Waals surface area (Å²) in [7, 11) is -3.39. The molecule has 1 amide bonds. The average Bonchev–Trinajstić information content (AvgIpc) is 2.99. The minimum Gasteiger partial charge on any atom is -0.348 e. The van der Waals surface area contributed by atoms with Gasteiger partial charge < -0.3 is 5.32 Å². The van der Waals surface area contributed by atoms with E-state index in [1.165, 1.54) is 0 Å². The highest BCUT2D eigenvalue weighted by molar-refractivity contribution is 7.85. The lowest BCUT2D eigenvalue weighted by atomic mass is 9.86. The summed E-state index contributed by atoms with van der Waals surface area (Å²) >= 11 is 0. The van der Waals surface area contributed by atoms with Crippen LogP contribution < -0.4 is 5.32 Å². The standard InChI is InChI=1S/C18H25N3O4S/c1-3-21-17(15-6-4-5-7-16(15)20-21)18(22)19-14-10-8-13(9-11-14)12-25-26(2,23)24/h4-7,13-14H,3,8-12H2,1-2H3,(H,19,22)/t13-,14-. The summed E-state index contributed by atoms with van der Waals surface area (Å²) in [6.45, 7) is 2.83. The zero-order valence-electron chi connectivity index (χ0n) is 15.1. The van der Waals surface area contributed by atoms with Crippen molar-refractivity contribution in [3.05, 3.63) is 30.0 Å². The zero-order chi connectivity index (χ0) is 18.7. The van der Waals surface area contributed by atoms with Gasteiger partial charge in [-0.15, -0.1) is 0 Å². The van der Waals surface area contributed by atoms with Gasteiger partial charge in [0, 0.05) is 18.0 Å². The topological polar surface area (TPSA) is 90.3 Å². The fourth-order valence-corrected chi connectivity index (χ4v) is 3.94. The quantitative estimate of drug-likeness (QED) is 0.778. The van der Waals surface area contributed by atoms with E-state index in [1.807, 2.05) is 31.2 Å². The number of benzene rings is 1. The SMILES string of the molecule is CCn1nc2ccccc2c1C(=O)N[C@H]1CC[C@H](COS(C)(=O)=O)CC1. The second kappa shape index (κ2) is 7.75. The van der Waals surface area contributed by atoms with Crippen molar-refractivity contribution in [1.82, 2.24) is 15.1 Å². The number of nitrogens with zero attached hydrogens (tertiary/aromatic N) is 2. The van der Waals surface area contributed by atoms with Crippen molar-refractivity contribution in [3.8, 4) is 0 Å². The van der Waals surface area contributed by atoms with E-state index >= 15 is 0 Å². The smallest absolute Gasteiger partial charge is 0.270 e. The molecule has 0 spiro atoms. The normalized spacial score (nSPS) is 21.0. The summed E-state index contributed by atoms with van der Waals surface area (Å²) in [4.78, 5) is 12.8. The molecule has 3 rings (SSSR count). The molecule has 1 aliphatic rings. The number of nitrogens with one attached hydrogen (secondary N) is 1. The van der Waals surface area contributed by atoms with Crippen LogP contribution in [0, 0.1) is 5.92 Å². The first-order valence-electron chi connectivity index (χ1n) is 8.98. The molecule has 0 radical (unpaired) electrons. The van der Waals surface area contributed by atoms with Crippen LogP contribution in [-0.4, -0.2) is 43.0 Å². The molecule has 2 aromatic rings. The maximum atomic E-state index is 12.8. The molecule has 1 heterocycles. The molecule has 26 heavy (non-hydrogen) atoms. The highest BCUT2D eigenvalue weighted by atomic mass is 32.2. The average molecular weight is 379 g/mol. The van der Waals surface area contributed by atoms with Gasteiger partial charge in [0.15, 0.2) is 0 Å². The Morgan fingerprint density at radius 1 is 1.27 bits per heavy atom. The van der Waals surface area contributed by atoms with Gasteiger partial charge in [-0.25, -0.2) is 0 Å². The predicted octanol–water partition coefficient (Wildman–Crippen LogP) is 2.32. The number of hydrogen-bond donors (Lipinski definition) is 1. The molecule has 1 N–H and O–H groups in total. The first-order valence-corrected chi connectivity index (χ1v) is 10.8. The summed E-state index contributed by atoms with van der Waals surface area (Å²) < 4.78 is 28.8. The van der Waals surface area contributed by atoms with E-state index in [0.717, 1.165) is 42.8 Å². The third-order valence-corrected chi connectivity index (χ3v) is 5.42. The van der Waals surface area contributed by atoms with Crippen molar-refractivity contribution >= 4 is 26.9 Å². The van der Waals surface area contributed by atoms with E-state index in [9.17, 15) is 13.2 Å². The van der Waals surface area contributed by atoms with Crippen LogP contribution in [0.5, 0.6) is 0 Å². The van der Waals surface area contributed by atoms with E-state index in [1.54, 1.807) is 4.68 Å². The van der Waals surface area contributed by atoms with Gasteiger partial charge in [0.2, 0.25) is 0 Å². The van der Waals surface area contributed by atoms with Crippen LogP contribution in [0.3, 0.4) is 0 Å². The lowest BCUT2D eigenvalue weighted by Crippen LogP contribution is -2.39. The van der Waals surface area contributed by atoms with Gasteiger partial charge in [-0.1, -0.05) is 18.2 Å². The van der Waals surface area contributed by atoms with Crippen molar-refractivity contribution in [2.24, 2.45) is 5.92 Å². The fraction of sp³-hybridized carbons (Fsp3) is 0.556. The number of fused-ring (bicyclic) bond motifs is 1. The predicted molar refractivity (Wildman–Crippen MR) is 99.4 cm³/mol. The minimum atomic E-state index is -3.39. The highest BCUT2D eigenvalue weighted by Gasteiger charge is 2.26. The first kappa shape index (κ1) is 18.8. The monoisotopic (exact) mass is 379 g/mol. The Hall–Kier alpha value is -1.93. The highest BCUT2D eigenvalue weighted by Crippen LogP contribution is 2.26. The molecule has 1 saturated carbocycles. The molecule has 0 saturated heterocycles. The van der Waals surface area contributed by atoms with Gasteiger partial charge in [-0.2, -0.15) is 13.5 Å². The molecule has 8 heteroatoms. The van der Waals surface area contributed by atoms with Crippen LogP contribution >= 0.6 is 0 Å². The number of aryl methyl sites for hydroxylation is 1. The summed E-state index contributed by atoms with van der Waals surface area (Å²) in [5.41, 5.74) is 1.42. The van der Waals surface area contributed by atoms with Crippen LogP contribution in [0.2, 0.25) is 0 Å². The Bertz CT molecular complexity index is 883. The molecule has 7 nitrogen and oxygen atoms in total. The molecule has 0 bridgehead atoms. The van der Waals surface area contributed by atoms with E-state index in [4.69, 9.17) is 4.18 Å². The molecule has 0 atom stereocenters. The summed E-state index contributed by atoms with van der Waals surface area (Å²) in [6, 6.07) is 7.75. The van der Waals surface area contributed by atoms with Crippen molar-refractivity contribution in [2.45, 2.75) is 45.2 Å². The van der Waals surface area contributed by atoms with Gasteiger partial charge in [-0.05, 0) is 44.6 Å². The molecule has 1 aliphatic carbocycles. The van der Waals surface area contributed by atoms with Gasteiger partial charge in [-0.3, -0.25) is 13.7 Å². The molecule has 142 valence electrons. The second-order valence-corrected chi connectivity index (χ2v) is 8.51. The summed E-state index contributed by atoms with van der Waals surface area (Å²) in [6.07, 6.45) is 4.39. The lowest BCUT2D eigenvalue weighted by Gasteiger charge is -2.28. The lowest BCUT2D eigenvalue weighted by molar-refractivity contribution is 0.0908. The first-order chi connectivity index (χ1) is 12.4. The Labute approximate surface area is 153 Å². The molecular weight excluding hydrogens is 354 g/mol. The molecule has 0 unspecified atom stereocenters. The van der Waals surface area contributed by atoms with E-state index in [-0.39, 0.29) is 24.5 Å². The number of hydrogen-bond acceptors (Lipinski definition) is 5. The molecule has 1 aromatic carbocycles. The van der Waals surface area contributed by atoms with Crippen molar-refractivity contribution in [1.29, 1.82) is 0 Å². The van der Waals surface area contributed by atoms with Gasteiger partial charge in [0.25, 0.3) is 16.0 Å². The number of carbonyl (C=O) groups is 1. The summed E-state index contributed by atoms with van der Waals surface area (Å²) in [5.74, 6) is 0.122. The number of amides is 1. The maximum absolute atomic E-state index is 12.8. The van der Waals surface area contributed by atoms with Gasteiger partial charge >= 0.3 is 0 Å². The van der Waals surface area contributed by atoms with Crippen LogP contribution in [0.15, 0.2) is 24.3 Å². The Morgan fingerprint density at radius 2 is 1.96 bits per heavy atom. The fourth-order valence-electron chi connectivity index (χ4n) is 3.50. The van der Waals surface area contributed by atoms with Crippen LogP contribution in [0.25, 0.3) is 10.9 Å². The Kier molecular flexibility index (Phi) is 5.62. The van der Waals surface area contributed by atoms with Crippen LogP contribution in [0.1, 0.15) is 43.1 Å². The zero-order valence-corrected chi connectivity index (χ0v) is 16.0.